The van der Waals surface area contributed by atoms with Gasteiger partial charge in [0, 0.05) is 11.8 Å². The van der Waals surface area contributed by atoms with Crippen LogP contribution in [0, 0.1) is 5.82 Å². The molecular weight excluding hydrogens is 349 g/mol. The maximum absolute atomic E-state index is 13.1. The molecule has 0 amide bonds. The Balaban J connectivity index is 1.91. The molecule has 128 valence electrons. The number of nitrogens with zero attached hydrogens (tertiary/aromatic N) is 1. The van der Waals surface area contributed by atoms with Crippen LogP contribution in [0.15, 0.2) is 47.3 Å². The lowest BCUT2D eigenvalue weighted by atomic mass is 10.0. The topological polar surface area (TPSA) is 79.5 Å². The number of hydrogen-bond acceptors (Lipinski definition) is 4. The van der Waals surface area contributed by atoms with E-state index in [1.54, 1.807) is 6.07 Å². The van der Waals surface area contributed by atoms with Crippen molar-refractivity contribution in [2.45, 2.75) is 12.8 Å². The summed E-state index contributed by atoms with van der Waals surface area (Å²) < 4.78 is 13.4. The largest absolute Gasteiger partial charge is 0.506 e. The summed E-state index contributed by atoms with van der Waals surface area (Å²) in [5, 5.41) is 20.0. The third kappa shape index (κ3) is 3.21. The molecule has 0 aliphatic carbocycles. The zero-order valence-electron chi connectivity index (χ0n) is 12.9. The Morgan fingerprint density at radius 1 is 1.20 bits per heavy atom. The van der Waals surface area contributed by atoms with Gasteiger partial charge >= 0.3 is 0 Å². The maximum Gasteiger partial charge on any atom is 0.294 e. The molecule has 3 rings (SSSR count). The van der Waals surface area contributed by atoms with Crippen LogP contribution >= 0.6 is 11.6 Å². The number of para-hydroxylation sites is 1. The SMILES string of the molecule is O=C(CCc1ccc(F)c(Cl)c1)c1cc2cccc(O)c2n(O)c1=O. The second kappa shape index (κ2) is 6.57. The highest BCUT2D eigenvalue weighted by Crippen LogP contribution is 2.23. The molecule has 0 aliphatic heterocycles. The van der Waals surface area contributed by atoms with Gasteiger partial charge in [0.15, 0.2) is 5.78 Å². The number of aromatic nitrogens is 1. The number of pyridine rings is 1. The van der Waals surface area contributed by atoms with E-state index >= 15 is 0 Å². The van der Waals surface area contributed by atoms with Crippen LogP contribution in [0.25, 0.3) is 10.9 Å². The molecule has 0 radical (unpaired) electrons. The number of ketones is 1. The highest BCUT2D eigenvalue weighted by molar-refractivity contribution is 6.30. The number of phenols is 1. The summed E-state index contributed by atoms with van der Waals surface area (Å²) in [5.41, 5.74) is -0.498. The third-order valence-corrected chi connectivity index (χ3v) is 4.20. The van der Waals surface area contributed by atoms with Crippen molar-refractivity contribution in [3.63, 3.8) is 0 Å². The normalized spacial score (nSPS) is 11.0. The molecule has 0 bridgehead atoms. The van der Waals surface area contributed by atoms with Crippen molar-refractivity contribution in [2.75, 3.05) is 0 Å². The first-order chi connectivity index (χ1) is 11.9. The number of aryl methyl sites for hydroxylation is 1. The number of fused-ring (bicyclic) bond motifs is 1. The van der Waals surface area contributed by atoms with Gasteiger partial charge in [0.05, 0.1) is 10.6 Å². The molecule has 0 spiro atoms. The molecule has 1 heterocycles. The van der Waals surface area contributed by atoms with Gasteiger partial charge in [0.25, 0.3) is 5.56 Å². The quantitative estimate of drug-likeness (QED) is 0.550. The Morgan fingerprint density at radius 3 is 2.68 bits per heavy atom. The lowest BCUT2D eigenvalue weighted by molar-refractivity contribution is 0.0975. The fourth-order valence-corrected chi connectivity index (χ4v) is 2.82. The predicted molar refractivity (Wildman–Crippen MR) is 91.1 cm³/mol. The van der Waals surface area contributed by atoms with Crippen molar-refractivity contribution >= 4 is 28.3 Å². The van der Waals surface area contributed by atoms with Gasteiger partial charge in [0.2, 0.25) is 0 Å². The summed E-state index contributed by atoms with van der Waals surface area (Å²) in [4.78, 5) is 24.6. The van der Waals surface area contributed by atoms with Crippen molar-refractivity contribution in [1.29, 1.82) is 0 Å². The van der Waals surface area contributed by atoms with Gasteiger partial charge in [0.1, 0.15) is 17.1 Å². The molecule has 0 fully saturated rings. The molecule has 5 nitrogen and oxygen atoms in total. The minimum absolute atomic E-state index is 0.0124. The Bertz CT molecular complexity index is 1050. The van der Waals surface area contributed by atoms with Gasteiger partial charge in [-0.25, -0.2) is 4.39 Å². The van der Waals surface area contributed by atoms with Crippen molar-refractivity contribution in [2.24, 2.45) is 0 Å². The third-order valence-electron chi connectivity index (χ3n) is 3.91. The number of carbonyl (C=O) groups excluding carboxylic acids is 1. The van der Waals surface area contributed by atoms with Gasteiger partial charge in [-0.15, -0.1) is 4.73 Å². The van der Waals surface area contributed by atoms with E-state index in [1.165, 1.54) is 36.4 Å². The maximum atomic E-state index is 13.1. The van der Waals surface area contributed by atoms with Crippen LogP contribution in [0.4, 0.5) is 4.39 Å². The summed E-state index contributed by atoms with van der Waals surface area (Å²) in [6, 6.07) is 9.92. The van der Waals surface area contributed by atoms with Crippen LogP contribution in [0.2, 0.25) is 5.02 Å². The van der Waals surface area contributed by atoms with Crippen LogP contribution in [0.5, 0.6) is 5.75 Å². The highest BCUT2D eigenvalue weighted by atomic mass is 35.5. The average molecular weight is 362 g/mol. The van der Waals surface area contributed by atoms with Crippen molar-refractivity contribution in [1.82, 2.24) is 4.73 Å². The van der Waals surface area contributed by atoms with Crippen LogP contribution in [0.3, 0.4) is 0 Å². The van der Waals surface area contributed by atoms with Crippen molar-refractivity contribution in [3.8, 4) is 5.75 Å². The second-order valence-electron chi connectivity index (χ2n) is 5.56. The molecule has 0 saturated carbocycles. The molecule has 1 aromatic heterocycles. The number of halogens is 2. The number of Topliss-reactive ketones (excluding diaryl/α,β-unsaturated/α-hetero) is 1. The fraction of sp³-hybridized carbons (Fsp3) is 0.111. The monoisotopic (exact) mass is 361 g/mol. The number of phenolic OH excluding ortho intramolecular Hbond substituents is 1. The van der Waals surface area contributed by atoms with Gasteiger partial charge in [-0.3, -0.25) is 9.59 Å². The zero-order valence-corrected chi connectivity index (χ0v) is 13.6. The lowest BCUT2D eigenvalue weighted by Gasteiger charge is -2.08. The van der Waals surface area contributed by atoms with E-state index in [0.29, 0.717) is 10.9 Å². The lowest BCUT2D eigenvalue weighted by Crippen LogP contribution is -2.25. The molecule has 25 heavy (non-hydrogen) atoms. The zero-order chi connectivity index (χ0) is 18.1. The summed E-state index contributed by atoms with van der Waals surface area (Å²) in [6.07, 6.45) is 0.253. The molecule has 7 heteroatoms. The van der Waals surface area contributed by atoms with E-state index in [2.05, 4.69) is 0 Å². The Kier molecular flexibility index (Phi) is 4.46. The van der Waals surface area contributed by atoms with Gasteiger partial charge < -0.3 is 10.3 Å². The van der Waals surface area contributed by atoms with E-state index in [0.717, 1.165) is 0 Å². The molecule has 0 unspecified atom stereocenters. The van der Waals surface area contributed by atoms with E-state index in [4.69, 9.17) is 11.6 Å². The summed E-state index contributed by atoms with van der Waals surface area (Å²) in [7, 11) is 0. The summed E-state index contributed by atoms with van der Waals surface area (Å²) in [5.74, 6) is -1.29. The standard InChI is InChI=1S/C18H13ClFNO4/c19-13-8-10(4-6-14(13)20)5-7-15(22)12-9-11-2-1-3-16(23)17(11)21(25)18(12)24/h1-4,6,8-9,23,25H,5,7H2. The van der Waals surface area contributed by atoms with Crippen LogP contribution in [0.1, 0.15) is 22.3 Å². The van der Waals surface area contributed by atoms with Gasteiger partial charge in [-0.1, -0.05) is 29.8 Å². The first-order valence-electron chi connectivity index (χ1n) is 7.42. The molecule has 3 aromatic rings. The van der Waals surface area contributed by atoms with Crippen LogP contribution < -0.4 is 5.56 Å². The molecule has 2 aromatic carbocycles. The number of carbonyl (C=O) groups is 1. The van der Waals surface area contributed by atoms with Gasteiger partial charge in [-0.05, 0) is 36.2 Å². The first-order valence-corrected chi connectivity index (χ1v) is 7.80. The van der Waals surface area contributed by atoms with Gasteiger partial charge in [-0.2, -0.15) is 0 Å². The summed E-state index contributed by atoms with van der Waals surface area (Å²) in [6.45, 7) is 0. The fourth-order valence-electron chi connectivity index (χ4n) is 2.62. The molecule has 0 aliphatic rings. The van der Waals surface area contributed by atoms with Crippen molar-refractivity contribution in [3.05, 3.63) is 74.8 Å². The van der Waals surface area contributed by atoms with E-state index in [1.807, 2.05) is 0 Å². The predicted octanol–water partition coefficient (Wildman–Crippen LogP) is 3.55. The van der Waals surface area contributed by atoms with E-state index < -0.39 is 17.2 Å². The minimum atomic E-state index is -0.906. The van der Waals surface area contributed by atoms with Crippen LogP contribution in [-0.2, 0) is 6.42 Å². The van der Waals surface area contributed by atoms with Crippen molar-refractivity contribution < 1.29 is 19.5 Å². The number of benzene rings is 2. The smallest absolute Gasteiger partial charge is 0.294 e. The average Bonchev–Trinajstić information content (AvgIpc) is 2.58. The molecular formula is C18H13ClFNO4. The Hall–Kier alpha value is -2.86. The van der Waals surface area contributed by atoms with Crippen LogP contribution in [-0.4, -0.2) is 20.8 Å². The minimum Gasteiger partial charge on any atom is -0.506 e. The second-order valence-corrected chi connectivity index (χ2v) is 5.97. The Labute approximate surface area is 146 Å². The summed E-state index contributed by atoms with van der Waals surface area (Å²) >= 11 is 5.70. The Morgan fingerprint density at radius 2 is 1.96 bits per heavy atom. The first kappa shape index (κ1) is 17.0. The number of rotatable bonds is 4. The number of aromatic hydroxyl groups is 1. The van der Waals surface area contributed by atoms with E-state index in [-0.39, 0.29) is 39.4 Å². The number of hydrogen-bond donors (Lipinski definition) is 2. The molecule has 0 atom stereocenters. The molecule has 0 saturated heterocycles. The van der Waals surface area contributed by atoms with E-state index in [9.17, 15) is 24.3 Å². The highest BCUT2D eigenvalue weighted by Gasteiger charge is 2.17. The molecule has 2 N–H and O–H groups in total.